The lowest BCUT2D eigenvalue weighted by atomic mass is 10.0. The molecule has 0 aliphatic carbocycles. The first-order valence-electron chi connectivity index (χ1n) is 3.97. The Morgan fingerprint density at radius 3 is 2.69 bits per heavy atom. The number of alkyl halides is 1. The molecule has 1 rings (SSSR count). The van der Waals surface area contributed by atoms with E-state index in [4.69, 9.17) is 23.2 Å². The molecule has 0 saturated heterocycles. The van der Waals surface area contributed by atoms with E-state index in [1.165, 1.54) is 0 Å². The summed E-state index contributed by atoms with van der Waals surface area (Å²) in [6.45, 7) is 1.55. The predicted octanol–water partition coefficient (Wildman–Crippen LogP) is 3.21. The molecule has 0 amide bonds. The average molecular weight is 217 g/mol. The Kier molecular flexibility index (Phi) is 3.76. The molecule has 0 radical (unpaired) electrons. The van der Waals surface area contributed by atoms with Crippen LogP contribution in [-0.2, 0) is 17.1 Å². The number of hydrogen-bond acceptors (Lipinski definition) is 1. The first-order valence-corrected chi connectivity index (χ1v) is 4.88. The van der Waals surface area contributed by atoms with Crippen molar-refractivity contribution in [2.45, 2.75) is 19.2 Å². The Morgan fingerprint density at radius 2 is 2.15 bits per heavy atom. The summed E-state index contributed by atoms with van der Waals surface area (Å²) in [6, 6.07) is 5.49. The van der Waals surface area contributed by atoms with E-state index in [-0.39, 0.29) is 5.78 Å². The molecule has 70 valence electrons. The predicted molar refractivity (Wildman–Crippen MR) is 55.4 cm³/mol. The van der Waals surface area contributed by atoms with Crippen LogP contribution in [0.25, 0.3) is 0 Å². The van der Waals surface area contributed by atoms with Gasteiger partial charge in [-0.1, -0.05) is 23.7 Å². The molecule has 1 nitrogen and oxygen atoms in total. The number of halogens is 2. The zero-order valence-electron chi connectivity index (χ0n) is 7.31. The number of hydrogen-bond donors (Lipinski definition) is 0. The summed E-state index contributed by atoms with van der Waals surface area (Å²) in [5, 5.41) is 0.633. The van der Waals surface area contributed by atoms with Crippen LogP contribution >= 0.6 is 23.2 Å². The van der Waals surface area contributed by atoms with Crippen LogP contribution in [0.3, 0.4) is 0 Å². The molecular formula is C10H10Cl2O. The second-order valence-corrected chi connectivity index (χ2v) is 3.56. The maximum absolute atomic E-state index is 10.9. The molecule has 0 unspecified atom stereocenters. The van der Waals surface area contributed by atoms with Crippen LogP contribution in [-0.4, -0.2) is 5.78 Å². The highest BCUT2D eigenvalue weighted by molar-refractivity contribution is 6.32. The fourth-order valence-corrected chi connectivity index (χ4v) is 1.83. The molecule has 0 N–H and O–H groups in total. The van der Waals surface area contributed by atoms with Crippen molar-refractivity contribution in [3.63, 3.8) is 0 Å². The largest absolute Gasteiger partial charge is 0.300 e. The summed E-state index contributed by atoms with van der Waals surface area (Å²) in [5.74, 6) is 0.469. The molecule has 0 fully saturated rings. The van der Waals surface area contributed by atoms with Crippen molar-refractivity contribution in [1.29, 1.82) is 0 Å². The van der Waals surface area contributed by atoms with Gasteiger partial charge >= 0.3 is 0 Å². The number of ketones is 1. The van der Waals surface area contributed by atoms with E-state index >= 15 is 0 Å². The molecule has 0 heterocycles. The minimum absolute atomic E-state index is 0.119. The molecule has 0 atom stereocenters. The monoisotopic (exact) mass is 216 g/mol. The van der Waals surface area contributed by atoms with Crippen molar-refractivity contribution in [2.75, 3.05) is 0 Å². The minimum Gasteiger partial charge on any atom is -0.300 e. The molecule has 0 saturated carbocycles. The highest BCUT2D eigenvalue weighted by Crippen LogP contribution is 2.22. The zero-order chi connectivity index (χ0) is 9.84. The average Bonchev–Trinajstić information content (AvgIpc) is 2.03. The van der Waals surface area contributed by atoms with E-state index in [9.17, 15) is 4.79 Å². The van der Waals surface area contributed by atoms with Crippen molar-refractivity contribution >= 4 is 29.0 Å². The fourth-order valence-electron chi connectivity index (χ4n) is 1.19. The van der Waals surface area contributed by atoms with E-state index in [1.807, 2.05) is 12.1 Å². The van der Waals surface area contributed by atoms with Crippen molar-refractivity contribution in [3.8, 4) is 0 Å². The standard InChI is InChI=1S/C10H10Cl2O/c1-7(13)5-8-3-2-4-10(12)9(8)6-11/h2-4H,5-6H2,1H3. The van der Waals surface area contributed by atoms with Gasteiger partial charge in [-0.05, 0) is 24.1 Å². The van der Waals surface area contributed by atoms with Gasteiger partial charge in [0.1, 0.15) is 5.78 Å². The zero-order valence-corrected chi connectivity index (χ0v) is 8.82. The smallest absolute Gasteiger partial charge is 0.134 e. The number of benzene rings is 1. The normalized spacial score (nSPS) is 10.1. The summed E-state index contributed by atoms with van der Waals surface area (Å²) >= 11 is 11.6. The first kappa shape index (κ1) is 10.6. The maximum atomic E-state index is 10.9. The maximum Gasteiger partial charge on any atom is 0.134 e. The van der Waals surface area contributed by atoms with Crippen LogP contribution in [0.15, 0.2) is 18.2 Å². The Balaban J connectivity index is 3.05. The summed E-state index contributed by atoms with van der Waals surface area (Å²) < 4.78 is 0. The van der Waals surface area contributed by atoms with Gasteiger partial charge in [-0.25, -0.2) is 0 Å². The fraction of sp³-hybridized carbons (Fsp3) is 0.300. The van der Waals surface area contributed by atoms with Crippen molar-refractivity contribution in [3.05, 3.63) is 34.3 Å². The molecule has 1 aromatic rings. The second kappa shape index (κ2) is 4.64. The highest BCUT2D eigenvalue weighted by atomic mass is 35.5. The Hall–Kier alpha value is -0.530. The first-order chi connectivity index (χ1) is 6.15. The third-order valence-electron chi connectivity index (χ3n) is 1.79. The van der Waals surface area contributed by atoms with Crippen LogP contribution in [0, 0.1) is 0 Å². The van der Waals surface area contributed by atoms with E-state index in [0.717, 1.165) is 11.1 Å². The molecule has 0 aliphatic rings. The lowest BCUT2D eigenvalue weighted by Crippen LogP contribution is -2.00. The SMILES string of the molecule is CC(=O)Cc1cccc(Cl)c1CCl. The molecule has 0 aromatic heterocycles. The van der Waals surface area contributed by atoms with Gasteiger partial charge in [-0.2, -0.15) is 0 Å². The third-order valence-corrected chi connectivity index (χ3v) is 2.41. The van der Waals surface area contributed by atoms with Gasteiger partial charge in [0.05, 0.1) is 0 Å². The molecule has 1 aromatic carbocycles. The van der Waals surface area contributed by atoms with E-state index in [0.29, 0.717) is 17.3 Å². The summed E-state index contributed by atoms with van der Waals surface area (Å²) in [7, 11) is 0. The Labute approximate surface area is 87.7 Å². The van der Waals surface area contributed by atoms with E-state index < -0.39 is 0 Å². The Morgan fingerprint density at radius 1 is 1.46 bits per heavy atom. The van der Waals surface area contributed by atoms with Gasteiger partial charge in [0.15, 0.2) is 0 Å². The van der Waals surface area contributed by atoms with Gasteiger partial charge < -0.3 is 0 Å². The molecule has 0 aliphatic heterocycles. The quantitative estimate of drug-likeness (QED) is 0.710. The van der Waals surface area contributed by atoms with Crippen molar-refractivity contribution in [1.82, 2.24) is 0 Å². The molecule has 0 bridgehead atoms. The van der Waals surface area contributed by atoms with E-state index in [2.05, 4.69) is 0 Å². The van der Waals surface area contributed by atoms with Crippen LogP contribution in [0.5, 0.6) is 0 Å². The minimum atomic E-state index is 0.119. The van der Waals surface area contributed by atoms with Gasteiger partial charge in [-0.15, -0.1) is 11.6 Å². The van der Waals surface area contributed by atoms with Gasteiger partial charge in [0, 0.05) is 17.3 Å². The van der Waals surface area contributed by atoms with Gasteiger partial charge in [0.2, 0.25) is 0 Å². The lowest BCUT2D eigenvalue weighted by Gasteiger charge is -2.06. The molecule has 13 heavy (non-hydrogen) atoms. The number of carbonyl (C=O) groups is 1. The summed E-state index contributed by atoms with van der Waals surface area (Å²) in [6.07, 6.45) is 0.405. The van der Waals surface area contributed by atoms with Crippen molar-refractivity contribution < 1.29 is 4.79 Å². The molecule has 0 spiro atoms. The summed E-state index contributed by atoms with van der Waals surface area (Å²) in [5.41, 5.74) is 1.79. The molecule has 3 heteroatoms. The van der Waals surface area contributed by atoms with Crippen LogP contribution < -0.4 is 0 Å². The lowest BCUT2D eigenvalue weighted by molar-refractivity contribution is -0.116. The topological polar surface area (TPSA) is 17.1 Å². The Bertz CT molecular complexity index is 321. The number of rotatable bonds is 3. The van der Waals surface area contributed by atoms with Crippen LogP contribution in [0.2, 0.25) is 5.02 Å². The van der Waals surface area contributed by atoms with Crippen LogP contribution in [0.1, 0.15) is 18.1 Å². The highest BCUT2D eigenvalue weighted by Gasteiger charge is 2.06. The van der Waals surface area contributed by atoms with Crippen LogP contribution in [0.4, 0.5) is 0 Å². The van der Waals surface area contributed by atoms with E-state index in [1.54, 1.807) is 13.0 Å². The number of carbonyl (C=O) groups excluding carboxylic acids is 1. The second-order valence-electron chi connectivity index (χ2n) is 2.89. The van der Waals surface area contributed by atoms with Gasteiger partial charge in [-0.3, -0.25) is 4.79 Å². The molecular weight excluding hydrogens is 207 g/mol. The number of Topliss-reactive ketones (excluding diaryl/α,β-unsaturated/α-hetero) is 1. The third kappa shape index (κ3) is 2.71. The van der Waals surface area contributed by atoms with Gasteiger partial charge in [0.25, 0.3) is 0 Å². The van der Waals surface area contributed by atoms with Crippen molar-refractivity contribution in [2.24, 2.45) is 0 Å². The summed E-state index contributed by atoms with van der Waals surface area (Å²) in [4.78, 5) is 10.9.